The number of hydrogen-bond donors (Lipinski definition) is 1. The Hall–Kier alpha value is -0.470. The Labute approximate surface area is 134 Å². The highest BCUT2D eigenvalue weighted by Gasteiger charge is 2.22. The van der Waals surface area contributed by atoms with E-state index in [1.54, 1.807) is 5.56 Å². The predicted molar refractivity (Wildman–Crippen MR) is 94.2 cm³/mol. The molecule has 0 saturated heterocycles. The summed E-state index contributed by atoms with van der Waals surface area (Å²) in [7, 11) is 0. The summed E-state index contributed by atoms with van der Waals surface area (Å²) in [5, 5.41) is 4.62. The molecular formula is C19H29NS. The van der Waals surface area contributed by atoms with E-state index in [1.165, 1.54) is 56.3 Å². The first-order valence-corrected chi connectivity index (χ1v) is 9.86. The molecule has 1 nitrogen and oxygen atoms in total. The van der Waals surface area contributed by atoms with Crippen LogP contribution in [0.4, 0.5) is 0 Å². The van der Waals surface area contributed by atoms with Gasteiger partial charge in [-0.05, 0) is 49.3 Å². The Bertz CT molecular complexity index is 435. The third-order valence-electron chi connectivity index (χ3n) is 5.14. The highest BCUT2D eigenvalue weighted by Crippen LogP contribution is 2.37. The first kappa shape index (κ1) is 15.4. The van der Waals surface area contributed by atoms with Crippen LogP contribution in [0, 0.1) is 0 Å². The SMILES string of the molecule is CCNC(CSC1CCCC1)c1cccc(C2CCC2)c1. The van der Waals surface area contributed by atoms with Gasteiger partial charge in [-0.25, -0.2) is 0 Å². The van der Waals surface area contributed by atoms with Gasteiger partial charge in [0.2, 0.25) is 0 Å². The largest absolute Gasteiger partial charge is 0.310 e. The minimum atomic E-state index is 0.528. The summed E-state index contributed by atoms with van der Waals surface area (Å²) in [5.41, 5.74) is 3.08. The molecule has 1 atom stereocenters. The molecule has 116 valence electrons. The highest BCUT2D eigenvalue weighted by molar-refractivity contribution is 7.99. The van der Waals surface area contributed by atoms with Crippen LogP contribution in [-0.4, -0.2) is 17.5 Å². The zero-order valence-electron chi connectivity index (χ0n) is 13.3. The number of hydrogen-bond acceptors (Lipinski definition) is 2. The fourth-order valence-corrected chi connectivity index (χ4v) is 5.02. The molecule has 1 unspecified atom stereocenters. The van der Waals surface area contributed by atoms with E-state index in [9.17, 15) is 0 Å². The van der Waals surface area contributed by atoms with E-state index < -0.39 is 0 Å². The van der Waals surface area contributed by atoms with Crippen molar-refractivity contribution in [1.82, 2.24) is 5.32 Å². The van der Waals surface area contributed by atoms with Crippen LogP contribution in [0.1, 0.15) is 75.0 Å². The molecule has 21 heavy (non-hydrogen) atoms. The van der Waals surface area contributed by atoms with Crippen molar-refractivity contribution in [2.24, 2.45) is 0 Å². The first-order valence-electron chi connectivity index (χ1n) is 8.81. The van der Waals surface area contributed by atoms with Crippen LogP contribution in [0.25, 0.3) is 0 Å². The number of thioether (sulfide) groups is 1. The topological polar surface area (TPSA) is 12.0 Å². The molecule has 1 aromatic rings. The molecule has 0 heterocycles. The lowest BCUT2D eigenvalue weighted by Gasteiger charge is -2.27. The van der Waals surface area contributed by atoms with Gasteiger partial charge in [-0.2, -0.15) is 11.8 Å². The number of nitrogens with one attached hydrogen (secondary N) is 1. The molecule has 1 N–H and O–H groups in total. The Morgan fingerprint density at radius 2 is 1.95 bits per heavy atom. The van der Waals surface area contributed by atoms with Crippen LogP contribution in [0.2, 0.25) is 0 Å². The Morgan fingerprint density at radius 1 is 1.14 bits per heavy atom. The standard InChI is InChI=1S/C19H29NS/c1-2-20-19(14-21-18-11-3-4-12-18)17-10-6-9-16(13-17)15-7-5-8-15/h6,9-10,13,15,18-20H,2-5,7-8,11-12,14H2,1H3. The molecule has 2 saturated carbocycles. The summed E-state index contributed by atoms with van der Waals surface area (Å²) >= 11 is 2.20. The third kappa shape index (κ3) is 4.04. The summed E-state index contributed by atoms with van der Waals surface area (Å²) in [6.45, 7) is 3.28. The van der Waals surface area contributed by atoms with Gasteiger partial charge in [-0.15, -0.1) is 0 Å². The predicted octanol–water partition coefficient (Wildman–Crippen LogP) is 5.28. The summed E-state index contributed by atoms with van der Waals surface area (Å²) < 4.78 is 0. The summed E-state index contributed by atoms with van der Waals surface area (Å²) in [6, 6.07) is 9.94. The molecule has 2 aliphatic carbocycles. The highest BCUT2D eigenvalue weighted by atomic mass is 32.2. The first-order chi connectivity index (χ1) is 10.4. The summed E-state index contributed by atoms with van der Waals surface area (Å²) in [6.07, 6.45) is 9.97. The maximum Gasteiger partial charge on any atom is 0.0411 e. The van der Waals surface area contributed by atoms with E-state index in [4.69, 9.17) is 0 Å². The van der Waals surface area contributed by atoms with Crippen LogP contribution in [-0.2, 0) is 0 Å². The van der Waals surface area contributed by atoms with E-state index >= 15 is 0 Å². The Kier molecular flexibility index (Phi) is 5.65. The average molecular weight is 304 g/mol. The summed E-state index contributed by atoms with van der Waals surface area (Å²) in [5.74, 6) is 2.07. The minimum absolute atomic E-state index is 0.528. The lowest BCUT2D eigenvalue weighted by atomic mass is 9.79. The van der Waals surface area contributed by atoms with E-state index in [0.29, 0.717) is 6.04 Å². The second-order valence-corrected chi connectivity index (χ2v) is 7.98. The van der Waals surface area contributed by atoms with E-state index in [1.807, 2.05) is 0 Å². The van der Waals surface area contributed by atoms with Gasteiger partial charge < -0.3 is 5.32 Å². The zero-order chi connectivity index (χ0) is 14.5. The van der Waals surface area contributed by atoms with Crippen molar-refractivity contribution in [3.63, 3.8) is 0 Å². The molecule has 3 rings (SSSR count). The maximum atomic E-state index is 3.70. The number of rotatable bonds is 7. The molecule has 2 aliphatic rings. The van der Waals surface area contributed by atoms with Crippen molar-refractivity contribution in [2.45, 2.75) is 69.1 Å². The smallest absolute Gasteiger partial charge is 0.0411 e. The average Bonchev–Trinajstić information content (AvgIpc) is 2.95. The van der Waals surface area contributed by atoms with Crippen LogP contribution in [0.5, 0.6) is 0 Å². The van der Waals surface area contributed by atoms with Gasteiger partial charge in [-0.1, -0.05) is 50.5 Å². The maximum absolute atomic E-state index is 3.70. The van der Waals surface area contributed by atoms with Gasteiger partial charge in [-0.3, -0.25) is 0 Å². The fourth-order valence-electron chi connectivity index (χ4n) is 3.58. The quantitative estimate of drug-likeness (QED) is 0.735. The monoisotopic (exact) mass is 303 g/mol. The molecule has 1 aromatic carbocycles. The van der Waals surface area contributed by atoms with Crippen molar-refractivity contribution in [2.75, 3.05) is 12.3 Å². The fraction of sp³-hybridized carbons (Fsp3) is 0.684. The molecule has 0 spiro atoms. The van der Waals surface area contributed by atoms with Crippen LogP contribution < -0.4 is 5.32 Å². The van der Waals surface area contributed by atoms with Crippen molar-refractivity contribution < 1.29 is 0 Å². The zero-order valence-corrected chi connectivity index (χ0v) is 14.1. The van der Waals surface area contributed by atoms with E-state index in [0.717, 1.165) is 17.7 Å². The third-order valence-corrected chi connectivity index (χ3v) is 6.61. The lowest BCUT2D eigenvalue weighted by Crippen LogP contribution is -2.24. The van der Waals surface area contributed by atoms with E-state index in [-0.39, 0.29) is 0 Å². The van der Waals surface area contributed by atoms with Gasteiger partial charge in [0.05, 0.1) is 0 Å². The van der Waals surface area contributed by atoms with Crippen molar-refractivity contribution in [3.05, 3.63) is 35.4 Å². The van der Waals surface area contributed by atoms with Gasteiger partial charge >= 0.3 is 0 Å². The Morgan fingerprint density at radius 3 is 2.62 bits per heavy atom. The Balaban J connectivity index is 1.63. The molecular weight excluding hydrogens is 274 g/mol. The van der Waals surface area contributed by atoms with Gasteiger partial charge in [0, 0.05) is 17.0 Å². The van der Waals surface area contributed by atoms with Crippen LogP contribution >= 0.6 is 11.8 Å². The molecule has 0 aromatic heterocycles. The van der Waals surface area contributed by atoms with Crippen LogP contribution in [0.15, 0.2) is 24.3 Å². The van der Waals surface area contributed by atoms with E-state index in [2.05, 4.69) is 48.3 Å². The van der Waals surface area contributed by atoms with Gasteiger partial charge in [0.1, 0.15) is 0 Å². The van der Waals surface area contributed by atoms with Crippen LogP contribution in [0.3, 0.4) is 0 Å². The number of benzene rings is 1. The second-order valence-electron chi connectivity index (χ2n) is 6.65. The van der Waals surface area contributed by atoms with Crippen molar-refractivity contribution >= 4 is 11.8 Å². The van der Waals surface area contributed by atoms with Crippen molar-refractivity contribution in [1.29, 1.82) is 0 Å². The summed E-state index contributed by atoms with van der Waals surface area (Å²) in [4.78, 5) is 0. The molecule has 0 amide bonds. The normalized spacial score (nSPS) is 21.4. The molecule has 0 aliphatic heterocycles. The van der Waals surface area contributed by atoms with Gasteiger partial charge in [0.25, 0.3) is 0 Å². The molecule has 0 bridgehead atoms. The molecule has 0 radical (unpaired) electrons. The lowest BCUT2D eigenvalue weighted by molar-refractivity contribution is 0.419. The minimum Gasteiger partial charge on any atom is -0.310 e. The van der Waals surface area contributed by atoms with Crippen molar-refractivity contribution in [3.8, 4) is 0 Å². The molecule has 2 heteroatoms. The second kappa shape index (κ2) is 7.69. The molecule has 2 fully saturated rings. The van der Waals surface area contributed by atoms with Gasteiger partial charge in [0.15, 0.2) is 0 Å².